The average Bonchev–Trinajstić information content (AvgIpc) is 2.75. The van der Waals surface area contributed by atoms with E-state index in [4.69, 9.17) is 9.47 Å². The summed E-state index contributed by atoms with van der Waals surface area (Å²) in [7, 11) is 0. The minimum atomic E-state index is 0.774. The van der Waals surface area contributed by atoms with Crippen LogP contribution in [0.15, 0.2) is 42.7 Å². The second-order valence-electron chi connectivity index (χ2n) is 7.45. The number of pyridine rings is 1. The predicted octanol–water partition coefficient (Wildman–Crippen LogP) is 3.08. The molecule has 1 fully saturated rings. The van der Waals surface area contributed by atoms with Gasteiger partial charge in [-0.3, -0.25) is 9.88 Å². The molecule has 3 rings (SSSR count). The van der Waals surface area contributed by atoms with Crippen LogP contribution in [0.2, 0.25) is 0 Å². The van der Waals surface area contributed by atoms with Gasteiger partial charge in [-0.15, -0.1) is 0 Å². The van der Waals surface area contributed by atoms with Gasteiger partial charge in [0.05, 0.1) is 19.8 Å². The first-order valence-corrected chi connectivity index (χ1v) is 10.7. The van der Waals surface area contributed by atoms with E-state index >= 15 is 0 Å². The lowest BCUT2D eigenvalue weighted by Crippen LogP contribution is -2.36. The third kappa shape index (κ3) is 8.01. The molecule has 0 unspecified atom stereocenters. The van der Waals surface area contributed by atoms with Gasteiger partial charge < -0.3 is 20.1 Å². The topological polar surface area (TPSA) is 58.7 Å². The highest BCUT2D eigenvalue weighted by atomic mass is 16.5. The Balaban J connectivity index is 1.27. The van der Waals surface area contributed by atoms with Crippen LogP contribution in [0.3, 0.4) is 0 Å². The van der Waals surface area contributed by atoms with Crippen molar-refractivity contribution in [3.05, 3.63) is 53.9 Å². The number of rotatable bonds is 12. The van der Waals surface area contributed by atoms with Crippen LogP contribution in [0.25, 0.3) is 0 Å². The van der Waals surface area contributed by atoms with Crippen molar-refractivity contribution < 1.29 is 9.47 Å². The Morgan fingerprint density at radius 2 is 2.03 bits per heavy atom. The summed E-state index contributed by atoms with van der Waals surface area (Å²) in [6, 6.07) is 10.4. The number of unbranched alkanes of at least 4 members (excludes halogenated alkanes) is 1. The van der Waals surface area contributed by atoms with Gasteiger partial charge in [0.25, 0.3) is 0 Å². The van der Waals surface area contributed by atoms with E-state index in [1.54, 1.807) is 0 Å². The van der Waals surface area contributed by atoms with Gasteiger partial charge in [0.2, 0.25) is 0 Å². The molecular weight excluding hydrogens is 364 g/mol. The monoisotopic (exact) mass is 398 g/mol. The predicted molar refractivity (Wildman–Crippen MR) is 118 cm³/mol. The first kappa shape index (κ1) is 21.6. The molecule has 6 heteroatoms. The van der Waals surface area contributed by atoms with E-state index in [-0.39, 0.29) is 0 Å². The van der Waals surface area contributed by atoms with Gasteiger partial charge in [-0.1, -0.05) is 12.1 Å². The average molecular weight is 399 g/mol. The molecule has 0 saturated carbocycles. The third-order valence-electron chi connectivity index (χ3n) is 5.11. The molecule has 0 amide bonds. The van der Waals surface area contributed by atoms with Gasteiger partial charge in [-0.2, -0.15) is 0 Å². The van der Waals surface area contributed by atoms with Crippen molar-refractivity contribution in [1.82, 2.24) is 15.2 Å². The molecule has 2 N–H and O–H groups in total. The van der Waals surface area contributed by atoms with Gasteiger partial charge in [0, 0.05) is 50.8 Å². The molecule has 1 saturated heterocycles. The largest absolute Gasteiger partial charge is 0.494 e. The number of anilines is 1. The number of nitrogens with zero attached hydrogens (tertiary/aromatic N) is 2. The number of morpholine rings is 1. The van der Waals surface area contributed by atoms with Crippen LogP contribution in [-0.2, 0) is 11.3 Å². The molecule has 1 aromatic heterocycles. The molecule has 158 valence electrons. The van der Waals surface area contributed by atoms with Crippen LogP contribution < -0.4 is 15.4 Å². The minimum Gasteiger partial charge on any atom is -0.494 e. The van der Waals surface area contributed by atoms with E-state index in [2.05, 4.69) is 45.6 Å². The van der Waals surface area contributed by atoms with Gasteiger partial charge in [-0.25, -0.2) is 0 Å². The van der Waals surface area contributed by atoms with Crippen molar-refractivity contribution in [2.75, 3.05) is 57.9 Å². The molecule has 0 atom stereocenters. The minimum absolute atomic E-state index is 0.774. The molecule has 1 aliphatic rings. The summed E-state index contributed by atoms with van der Waals surface area (Å²) in [6.45, 7) is 10.5. The van der Waals surface area contributed by atoms with Crippen molar-refractivity contribution >= 4 is 5.69 Å². The maximum absolute atomic E-state index is 5.95. The highest BCUT2D eigenvalue weighted by molar-refractivity contribution is 5.48. The number of aryl methyl sites for hydroxylation is 1. The number of nitrogens with one attached hydrogen (secondary N) is 2. The van der Waals surface area contributed by atoms with E-state index < -0.39 is 0 Å². The summed E-state index contributed by atoms with van der Waals surface area (Å²) >= 11 is 0. The molecule has 0 radical (unpaired) electrons. The zero-order chi connectivity index (χ0) is 20.2. The smallest absolute Gasteiger partial charge is 0.119 e. The Bertz CT molecular complexity index is 720. The normalized spacial score (nSPS) is 14.7. The maximum atomic E-state index is 5.95. The number of ether oxygens (including phenoxy) is 2. The second-order valence-corrected chi connectivity index (χ2v) is 7.45. The molecule has 29 heavy (non-hydrogen) atoms. The molecule has 6 nitrogen and oxygen atoms in total. The van der Waals surface area contributed by atoms with Crippen molar-refractivity contribution in [2.45, 2.75) is 26.3 Å². The summed E-state index contributed by atoms with van der Waals surface area (Å²) in [5, 5.41) is 6.92. The fourth-order valence-electron chi connectivity index (χ4n) is 3.39. The highest BCUT2D eigenvalue weighted by Gasteiger charge is 2.09. The van der Waals surface area contributed by atoms with Crippen LogP contribution >= 0.6 is 0 Å². The SMILES string of the molecule is Cc1cnccc1NCCNCc1cccc(OCCCCN2CCOCC2)c1. The van der Waals surface area contributed by atoms with Crippen molar-refractivity contribution in [3.63, 3.8) is 0 Å². The molecule has 0 bridgehead atoms. The lowest BCUT2D eigenvalue weighted by atomic mass is 10.2. The van der Waals surface area contributed by atoms with E-state index in [1.165, 1.54) is 17.5 Å². The fourth-order valence-corrected chi connectivity index (χ4v) is 3.39. The number of hydrogen-bond donors (Lipinski definition) is 2. The standard InChI is InChI=1S/C23H34N4O2/c1-20-18-24-8-7-23(20)26-10-9-25-19-21-5-4-6-22(17-21)29-14-3-2-11-27-12-15-28-16-13-27/h4-8,17-18,25H,2-3,9-16,19H2,1H3,(H,24,26). The van der Waals surface area contributed by atoms with Crippen LogP contribution in [0.5, 0.6) is 5.75 Å². The summed E-state index contributed by atoms with van der Waals surface area (Å²) < 4.78 is 11.3. The molecule has 2 heterocycles. The van der Waals surface area contributed by atoms with E-state index in [1.807, 2.05) is 24.5 Å². The Hall–Kier alpha value is -2.15. The first-order valence-electron chi connectivity index (χ1n) is 10.7. The van der Waals surface area contributed by atoms with Crippen LogP contribution in [0.1, 0.15) is 24.0 Å². The van der Waals surface area contributed by atoms with Gasteiger partial charge >= 0.3 is 0 Å². The van der Waals surface area contributed by atoms with Crippen molar-refractivity contribution in [3.8, 4) is 5.75 Å². The number of benzene rings is 1. The summed E-state index contributed by atoms with van der Waals surface area (Å²) in [6.07, 6.45) is 5.95. The molecular formula is C23H34N4O2. The Morgan fingerprint density at radius 1 is 1.14 bits per heavy atom. The summed E-state index contributed by atoms with van der Waals surface area (Å²) in [4.78, 5) is 6.59. The second kappa shape index (κ2) is 12.4. The van der Waals surface area contributed by atoms with Crippen LogP contribution in [-0.4, -0.2) is 62.4 Å². The highest BCUT2D eigenvalue weighted by Crippen LogP contribution is 2.14. The third-order valence-corrected chi connectivity index (χ3v) is 5.11. The molecule has 2 aromatic rings. The van der Waals surface area contributed by atoms with E-state index in [0.717, 1.165) is 76.9 Å². The number of aromatic nitrogens is 1. The fraction of sp³-hybridized carbons (Fsp3) is 0.522. The lowest BCUT2D eigenvalue weighted by Gasteiger charge is -2.26. The van der Waals surface area contributed by atoms with Gasteiger partial charge in [0.15, 0.2) is 0 Å². The lowest BCUT2D eigenvalue weighted by molar-refractivity contribution is 0.0368. The molecule has 0 spiro atoms. The Labute approximate surface area is 174 Å². The maximum Gasteiger partial charge on any atom is 0.119 e. The zero-order valence-corrected chi connectivity index (χ0v) is 17.5. The van der Waals surface area contributed by atoms with Crippen LogP contribution in [0.4, 0.5) is 5.69 Å². The van der Waals surface area contributed by atoms with Gasteiger partial charge in [0.1, 0.15) is 5.75 Å². The Morgan fingerprint density at radius 3 is 2.90 bits per heavy atom. The van der Waals surface area contributed by atoms with Gasteiger partial charge in [-0.05, 0) is 55.6 Å². The summed E-state index contributed by atoms with van der Waals surface area (Å²) in [5.74, 6) is 0.959. The zero-order valence-electron chi connectivity index (χ0n) is 17.5. The first-order chi connectivity index (χ1) is 14.3. The van der Waals surface area contributed by atoms with Crippen molar-refractivity contribution in [1.29, 1.82) is 0 Å². The molecule has 1 aliphatic heterocycles. The number of hydrogen-bond acceptors (Lipinski definition) is 6. The quantitative estimate of drug-likeness (QED) is 0.536. The molecule has 1 aromatic carbocycles. The van der Waals surface area contributed by atoms with Crippen LogP contribution in [0, 0.1) is 6.92 Å². The summed E-state index contributed by atoms with van der Waals surface area (Å²) in [5.41, 5.74) is 3.56. The van der Waals surface area contributed by atoms with E-state index in [0.29, 0.717) is 0 Å². The van der Waals surface area contributed by atoms with Crippen molar-refractivity contribution in [2.24, 2.45) is 0 Å². The Kier molecular flexibility index (Phi) is 9.23. The van der Waals surface area contributed by atoms with E-state index in [9.17, 15) is 0 Å². The molecule has 0 aliphatic carbocycles.